The van der Waals surface area contributed by atoms with Gasteiger partial charge in [0.15, 0.2) is 11.5 Å². The van der Waals surface area contributed by atoms with Gasteiger partial charge in [-0.2, -0.15) is 9.97 Å². The van der Waals surface area contributed by atoms with Gasteiger partial charge in [0.25, 0.3) is 0 Å². The van der Waals surface area contributed by atoms with Crippen molar-refractivity contribution < 1.29 is 0 Å². The topological polar surface area (TPSA) is 78.5 Å². The minimum Gasteiger partial charge on any atom is -0.351 e. The fourth-order valence-electron chi connectivity index (χ4n) is 3.94. The van der Waals surface area contributed by atoms with E-state index in [1.165, 1.54) is 55.0 Å². The van der Waals surface area contributed by atoms with Crippen molar-refractivity contribution in [2.75, 3.05) is 10.6 Å². The maximum atomic E-state index is 4.78. The molecule has 28 heavy (non-hydrogen) atoms. The minimum absolute atomic E-state index is 0.437. The standard InChI is InChI=1S/C21H24N6S/c1-2-4-6-15(7-5-3-1)25-21-26-19-18(22-13-23-19)20(27-21)24-16-9-8-14-10-11-28-17(14)12-16/h8-13,15H,1-7H2,(H3,22,23,24,25,26,27). The summed E-state index contributed by atoms with van der Waals surface area (Å²) >= 11 is 1.74. The van der Waals surface area contributed by atoms with Crippen molar-refractivity contribution in [2.24, 2.45) is 0 Å². The lowest BCUT2D eigenvalue weighted by atomic mass is 9.97. The largest absolute Gasteiger partial charge is 0.351 e. The van der Waals surface area contributed by atoms with E-state index < -0.39 is 0 Å². The third-order valence-corrected chi connectivity index (χ3v) is 6.32. The van der Waals surface area contributed by atoms with Crippen LogP contribution in [0.25, 0.3) is 21.3 Å². The van der Waals surface area contributed by atoms with Crippen LogP contribution in [0.5, 0.6) is 0 Å². The molecule has 1 fully saturated rings. The Kier molecular flexibility index (Phi) is 4.83. The van der Waals surface area contributed by atoms with Crippen molar-refractivity contribution in [3.8, 4) is 0 Å². The molecule has 1 aliphatic rings. The number of fused-ring (bicyclic) bond motifs is 2. The second kappa shape index (κ2) is 7.75. The van der Waals surface area contributed by atoms with Crippen LogP contribution in [-0.2, 0) is 0 Å². The Morgan fingerprint density at radius 2 is 1.86 bits per heavy atom. The highest BCUT2D eigenvalue weighted by atomic mass is 32.1. The van der Waals surface area contributed by atoms with Crippen molar-refractivity contribution in [2.45, 2.75) is 51.0 Å². The first kappa shape index (κ1) is 17.4. The van der Waals surface area contributed by atoms with E-state index in [9.17, 15) is 0 Å². The fourth-order valence-corrected chi connectivity index (χ4v) is 4.77. The Balaban J connectivity index is 1.43. The summed E-state index contributed by atoms with van der Waals surface area (Å²) in [6, 6.07) is 8.95. The van der Waals surface area contributed by atoms with Crippen LogP contribution in [0.3, 0.4) is 0 Å². The van der Waals surface area contributed by atoms with Crippen LogP contribution in [0.1, 0.15) is 44.9 Å². The number of nitrogens with one attached hydrogen (secondary N) is 3. The molecule has 3 aromatic heterocycles. The zero-order valence-corrected chi connectivity index (χ0v) is 16.6. The molecule has 1 saturated carbocycles. The van der Waals surface area contributed by atoms with Crippen molar-refractivity contribution >= 4 is 50.0 Å². The molecular weight excluding hydrogens is 368 g/mol. The van der Waals surface area contributed by atoms with Crippen LogP contribution in [-0.4, -0.2) is 26.0 Å². The van der Waals surface area contributed by atoms with Gasteiger partial charge < -0.3 is 15.6 Å². The van der Waals surface area contributed by atoms with Gasteiger partial charge in [-0.1, -0.05) is 38.2 Å². The number of H-pyrrole nitrogens is 1. The lowest BCUT2D eigenvalue weighted by Crippen LogP contribution is -2.22. The Morgan fingerprint density at radius 3 is 2.75 bits per heavy atom. The Hall–Kier alpha value is -2.67. The first-order valence-electron chi connectivity index (χ1n) is 10.1. The minimum atomic E-state index is 0.437. The molecule has 0 spiro atoms. The number of benzene rings is 1. The summed E-state index contributed by atoms with van der Waals surface area (Å²) in [4.78, 5) is 16.9. The predicted molar refractivity (Wildman–Crippen MR) is 117 cm³/mol. The second-order valence-corrected chi connectivity index (χ2v) is 8.43. The van der Waals surface area contributed by atoms with E-state index >= 15 is 0 Å². The molecule has 1 aromatic carbocycles. The van der Waals surface area contributed by atoms with Gasteiger partial charge >= 0.3 is 0 Å². The number of aromatic nitrogens is 4. The molecule has 0 aliphatic heterocycles. The molecule has 0 unspecified atom stereocenters. The van der Waals surface area contributed by atoms with Gasteiger partial charge in [0, 0.05) is 16.4 Å². The number of rotatable bonds is 4. The summed E-state index contributed by atoms with van der Waals surface area (Å²) in [5.41, 5.74) is 2.53. The first-order valence-corrected chi connectivity index (χ1v) is 10.9. The average molecular weight is 393 g/mol. The summed E-state index contributed by atoms with van der Waals surface area (Å²) in [5, 5.41) is 10.4. The van der Waals surface area contributed by atoms with E-state index in [-0.39, 0.29) is 0 Å². The quantitative estimate of drug-likeness (QED) is 0.407. The lowest BCUT2D eigenvalue weighted by Gasteiger charge is -2.21. The third kappa shape index (κ3) is 3.67. The van der Waals surface area contributed by atoms with E-state index in [1.807, 2.05) is 0 Å². The van der Waals surface area contributed by atoms with E-state index in [0.717, 1.165) is 17.0 Å². The zero-order valence-electron chi connectivity index (χ0n) is 15.7. The van der Waals surface area contributed by atoms with Gasteiger partial charge in [0.2, 0.25) is 5.95 Å². The van der Waals surface area contributed by atoms with Gasteiger partial charge in [-0.15, -0.1) is 11.3 Å². The van der Waals surface area contributed by atoms with E-state index in [1.54, 1.807) is 17.7 Å². The molecular formula is C21H24N6S. The average Bonchev–Trinajstić information content (AvgIpc) is 3.32. The highest BCUT2D eigenvalue weighted by Gasteiger charge is 2.15. The highest BCUT2D eigenvalue weighted by Crippen LogP contribution is 2.28. The molecule has 6 nitrogen and oxygen atoms in total. The van der Waals surface area contributed by atoms with Gasteiger partial charge in [-0.3, -0.25) is 0 Å². The smallest absolute Gasteiger partial charge is 0.227 e. The summed E-state index contributed by atoms with van der Waals surface area (Å²) in [5.74, 6) is 1.41. The molecule has 0 amide bonds. The molecule has 7 heteroatoms. The van der Waals surface area contributed by atoms with Gasteiger partial charge in [0.05, 0.1) is 6.33 Å². The molecule has 5 rings (SSSR count). The SMILES string of the molecule is c1nc2nc(NC3CCCCCCC3)nc(Nc3ccc4ccsc4c3)c2[nH]1. The Bertz CT molecular complexity index is 1080. The molecule has 3 heterocycles. The number of hydrogen-bond acceptors (Lipinski definition) is 6. The van der Waals surface area contributed by atoms with Gasteiger partial charge in [0.1, 0.15) is 5.52 Å². The zero-order chi connectivity index (χ0) is 18.8. The van der Waals surface area contributed by atoms with E-state index in [2.05, 4.69) is 55.2 Å². The number of thiophene rings is 1. The first-order chi connectivity index (χ1) is 13.8. The predicted octanol–water partition coefficient (Wildman–Crippen LogP) is 5.84. The molecule has 4 aromatic rings. The van der Waals surface area contributed by atoms with Crippen molar-refractivity contribution in [1.29, 1.82) is 0 Å². The molecule has 1 aliphatic carbocycles. The maximum absolute atomic E-state index is 4.78. The number of anilines is 3. The third-order valence-electron chi connectivity index (χ3n) is 5.44. The van der Waals surface area contributed by atoms with Crippen LogP contribution in [0.15, 0.2) is 36.0 Å². The Morgan fingerprint density at radius 1 is 1.00 bits per heavy atom. The monoisotopic (exact) mass is 392 g/mol. The van der Waals surface area contributed by atoms with Crippen LogP contribution in [0.2, 0.25) is 0 Å². The molecule has 0 atom stereocenters. The maximum Gasteiger partial charge on any atom is 0.227 e. The number of hydrogen-bond donors (Lipinski definition) is 3. The molecule has 144 valence electrons. The normalized spacial score (nSPS) is 16.1. The van der Waals surface area contributed by atoms with Gasteiger partial charge in [-0.05, 0) is 41.8 Å². The van der Waals surface area contributed by atoms with Gasteiger partial charge in [-0.25, -0.2) is 4.98 Å². The van der Waals surface area contributed by atoms with Crippen molar-refractivity contribution in [1.82, 2.24) is 19.9 Å². The van der Waals surface area contributed by atoms with E-state index in [0.29, 0.717) is 17.6 Å². The molecule has 0 saturated heterocycles. The molecule has 0 radical (unpaired) electrons. The van der Waals surface area contributed by atoms with Crippen LogP contribution < -0.4 is 10.6 Å². The van der Waals surface area contributed by atoms with Crippen LogP contribution in [0.4, 0.5) is 17.5 Å². The van der Waals surface area contributed by atoms with E-state index in [4.69, 9.17) is 4.98 Å². The summed E-state index contributed by atoms with van der Waals surface area (Å²) < 4.78 is 1.26. The summed E-state index contributed by atoms with van der Waals surface area (Å²) in [6.07, 6.45) is 10.6. The summed E-state index contributed by atoms with van der Waals surface area (Å²) in [6.45, 7) is 0. The number of nitrogens with zero attached hydrogens (tertiary/aromatic N) is 3. The fraction of sp³-hybridized carbons (Fsp3) is 0.381. The molecule has 3 N–H and O–H groups in total. The van der Waals surface area contributed by atoms with Crippen LogP contribution >= 0.6 is 11.3 Å². The van der Waals surface area contributed by atoms with Crippen molar-refractivity contribution in [3.05, 3.63) is 36.0 Å². The molecule has 0 bridgehead atoms. The number of imidazole rings is 1. The highest BCUT2D eigenvalue weighted by molar-refractivity contribution is 7.17. The van der Waals surface area contributed by atoms with Crippen LogP contribution in [0, 0.1) is 0 Å². The Labute approximate surface area is 167 Å². The second-order valence-electron chi connectivity index (χ2n) is 7.48. The summed E-state index contributed by atoms with van der Waals surface area (Å²) in [7, 11) is 0. The lowest BCUT2D eigenvalue weighted by molar-refractivity contribution is 0.470. The number of aromatic amines is 1. The van der Waals surface area contributed by atoms with Crippen molar-refractivity contribution in [3.63, 3.8) is 0 Å².